The molecule has 0 spiro atoms. The summed E-state index contributed by atoms with van der Waals surface area (Å²) in [6, 6.07) is 4.06. The Balaban J connectivity index is 2.09. The van der Waals surface area contributed by atoms with Gasteiger partial charge < -0.3 is 10.2 Å². The van der Waals surface area contributed by atoms with Crippen molar-refractivity contribution < 1.29 is 4.79 Å². The smallest absolute Gasteiger partial charge is 0.272 e. The van der Waals surface area contributed by atoms with E-state index in [0.29, 0.717) is 11.7 Å². The van der Waals surface area contributed by atoms with Crippen LogP contribution in [0.4, 0.5) is 5.69 Å². The van der Waals surface area contributed by atoms with Gasteiger partial charge in [0, 0.05) is 19.1 Å². The third kappa shape index (κ3) is 3.46. The molecule has 1 aliphatic rings. The van der Waals surface area contributed by atoms with Crippen LogP contribution >= 0.6 is 0 Å². The van der Waals surface area contributed by atoms with Crippen LogP contribution in [0.25, 0.3) is 0 Å². The summed E-state index contributed by atoms with van der Waals surface area (Å²) in [6.07, 6.45) is 6.38. The van der Waals surface area contributed by atoms with Crippen LogP contribution in [0.15, 0.2) is 18.3 Å². The van der Waals surface area contributed by atoms with Gasteiger partial charge in [0.15, 0.2) is 0 Å². The van der Waals surface area contributed by atoms with Crippen molar-refractivity contribution in [3.8, 4) is 0 Å². The molecule has 1 fully saturated rings. The molecule has 4 heteroatoms. The van der Waals surface area contributed by atoms with E-state index in [9.17, 15) is 4.79 Å². The molecule has 2 heterocycles. The summed E-state index contributed by atoms with van der Waals surface area (Å²) in [5.41, 5.74) is 1.51. The first-order chi connectivity index (χ1) is 9.22. The molecule has 19 heavy (non-hydrogen) atoms. The van der Waals surface area contributed by atoms with Crippen LogP contribution in [0.2, 0.25) is 0 Å². The number of anilines is 1. The summed E-state index contributed by atoms with van der Waals surface area (Å²) in [5.74, 6) is 0.0671. The summed E-state index contributed by atoms with van der Waals surface area (Å²) in [6.45, 7) is 5.89. The zero-order valence-electron chi connectivity index (χ0n) is 11.9. The fourth-order valence-electron chi connectivity index (χ4n) is 2.55. The van der Waals surface area contributed by atoms with Gasteiger partial charge in [0.05, 0.1) is 11.9 Å². The van der Waals surface area contributed by atoms with E-state index in [4.69, 9.17) is 0 Å². The molecular weight excluding hydrogens is 238 g/mol. The number of hydrogen-bond donors (Lipinski definition) is 1. The number of likely N-dealkylation sites (tertiary alicyclic amines) is 1. The van der Waals surface area contributed by atoms with E-state index in [0.717, 1.165) is 31.6 Å². The molecule has 4 nitrogen and oxygen atoms in total. The zero-order chi connectivity index (χ0) is 13.7. The van der Waals surface area contributed by atoms with Gasteiger partial charge in [-0.05, 0) is 38.8 Å². The minimum Gasteiger partial charge on any atom is -0.384 e. The van der Waals surface area contributed by atoms with Crippen LogP contribution in [-0.2, 0) is 0 Å². The summed E-state index contributed by atoms with van der Waals surface area (Å²) in [5, 5.41) is 3.18. The lowest BCUT2D eigenvalue weighted by atomic mass is 10.1. The van der Waals surface area contributed by atoms with Crippen molar-refractivity contribution in [1.82, 2.24) is 9.88 Å². The summed E-state index contributed by atoms with van der Waals surface area (Å²) >= 11 is 0. The zero-order valence-corrected chi connectivity index (χ0v) is 11.9. The second-order valence-corrected chi connectivity index (χ2v) is 5.16. The molecule has 1 amide bonds. The Kier molecular flexibility index (Phi) is 4.77. The monoisotopic (exact) mass is 261 g/mol. The molecule has 1 unspecified atom stereocenters. The average molecular weight is 261 g/mol. The Morgan fingerprint density at radius 2 is 2.26 bits per heavy atom. The summed E-state index contributed by atoms with van der Waals surface area (Å²) in [4.78, 5) is 18.7. The third-order valence-electron chi connectivity index (χ3n) is 3.68. The number of nitrogens with one attached hydrogen (secondary N) is 1. The predicted octanol–water partition coefficient (Wildman–Crippen LogP) is 2.92. The largest absolute Gasteiger partial charge is 0.384 e. The highest BCUT2D eigenvalue weighted by atomic mass is 16.2. The van der Waals surface area contributed by atoms with Crippen molar-refractivity contribution in [3.63, 3.8) is 0 Å². The fraction of sp³-hybridized carbons (Fsp3) is 0.600. The number of rotatable bonds is 3. The molecule has 0 aromatic carbocycles. The molecule has 104 valence electrons. The molecule has 1 atom stereocenters. The molecule has 1 aromatic rings. The van der Waals surface area contributed by atoms with Gasteiger partial charge in [0.25, 0.3) is 5.91 Å². The first-order valence-corrected chi connectivity index (χ1v) is 7.23. The minimum absolute atomic E-state index is 0.0671. The number of amides is 1. The maximum Gasteiger partial charge on any atom is 0.272 e. The standard InChI is InChI=1S/C15H23N3O/c1-3-16-13-8-9-14(17-11-13)15(19)18-10-6-4-5-7-12(18)2/h8-9,11-12,16H,3-7,10H2,1-2H3. The first kappa shape index (κ1) is 13.8. The number of carbonyl (C=O) groups is 1. The van der Waals surface area contributed by atoms with Gasteiger partial charge in [-0.2, -0.15) is 0 Å². The number of nitrogens with zero attached hydrogens (tertiary/aromatic N) is 2. The second-order valence-electron chi connectivity index (χ2n) is 5.16. The lowest BCUT2D eigenvalue weighted by Crippen LogP contribution is -2.38. The Bertz CT molecular complexity index is 416. The highest BCUT2D eigenvalue weighted by molar-refractivity contribution is 5.92. The van der Waals surface area contributed by atoms with Crippen molar-refractivity contribution in [1.29, 1.82) is 0 Å². The van der Waals surface area contributed by atoms with E-state index in [-0.39, 0.29) is 5.91 Å². The van der Waals surface area contributed by atoms with Gasteiger partial charge >= 0.3 is 0 Å². The molecule has 0 radical (unpaired) electrons. The molecule has 2 rings (SSSR count). The van der Waals surface area contributed by atoms with Crippen LogP contribution in [0.5, 0.6) is 0 Å². The van der Waals surface area contributed by atoms with Crippen LogP contribution in [0.3, 0.4) is 0 Å². The van der Waals surface area contributed by atoms with E-state index in [1.165, 1.54) is 12.8 Å². The van der Waals surface area contributed by atoms with Gasteiger partial charge in [0.1, 0.15) is 5.69 Å². The number of carbonyl (C=O) groups excluding carboxylic acids is 1. The minimum atomic E-state index is 0.0671. The van der Waals surface area contributed by atoms with Gasteiger partial charge in [-0.25, -0.2) is 4.98 Å². The molecular formula is C15H23N3O. The van der Waals surface area contributed by atoms with E-state index in [1.807, 2.05) is 24.0 Å². The topological polar surface area (TPSA) is 45.2 Å². The molecule has 0 aliphatic carbocycles. The fourth-order valence-corrected chi connectivity index (χ4v) is 2.55. The lowest BCUT2D eigenvalue weighted by Gasteiger charge is -2.26. The first-order valence-electron chi connectivity index (χ1n) is 7.23. The Morgan fingerprint density at radius 3 is 2.95 bits per heavy atom. The van der Waals surface area contributed by atoms with E-state index in [2.05, 4.69) is 17.2 Å². The van der Waals surface area contributed by atoms with Gasteiger partial charge in [-0.1, -0.05) is 12.8 Å². The van der Waals surface area contributed by atoms with Crippen molar-refractivity contribution in [2.45, 2.75) is 45.6 Å². The van der Waals surface area contributed by atoms with Gasteiger partial charge in [0.2, 0.25) is 0 Å². The quantitative estimate of drug-likeness (QED) is 0.910. The number of hydrogen-bond acceptors (Lipinski definition) is 3. The van der Waals surface area contributed by atoms with E-state index >= 15 is 0 Å². The second kappa shape index (κ2) is 6.55. The van der Waals surface area contributed by atoms with Crippen molar-refractivity contribution in [3.05, 3.63) is 24.0 Å². The molecule has 0 saturated carbocycles. The predicted molar refractivity (Wildman–Crippen MR) is 77.4 cm³/mol. The normalized spacial score (nSPS) is 19.9. The van der Waals surface area contributed by atoms with E-state index < -0.39 is 0 Å². The van der Waals surface area contributed by atoms with Crippen LogP contribution in [0.1, 0.15) is 50.0 Å². The van der Waals surface area contributed by atoms with Gasteiger partial charge in [-0.15, -0.1) is 0 Å². The lowest BCUT2D eigenvalue weighted by molar-refractivity contribution is 0.0692. The molecule has 1 aromatic heterocycles. The SMILES string of the molecule is CCNc1ccc(C(=O)N2CCCCCC2C)nc1. The maximum atomic E-state index is 12.5. The van der Waals surface area contributed by atoms with Crippen LogP contribution in [-0.4, -0.2) is 34.9 Å². The summed E-state index contributed by atoms with van der Waals surface area (Å²) < 4.78 is 0. The van der Waals surface area contributed by atoms with Gasteiger partial charge in [-0.3, -0.25) is 4.79 Å². The number of aromatic nitrogens is 1. The van der Waals surface area contributed by atoms with Crippen LogP contribution in [0, 0.1) is 0 Å². The third-order valence-corrected chi connectivity index (χ3v) is 3.68. The highest BCUT2D eigenvalue weighted by Gasteiger charge is 2.23. The summed E-state index contributed by atoms with van der Waals surface area (Å²) in [7, 11) is 0. The Hall–Kier alpha value is -1.58. The van der Waals surface area contributed by atoms with Crippen molar-refractivity contribution >= 4 is 11.6 Å². The Morgan fingerprint density at radius 1 is 1.42 bits per heavy atom. The Labute approximate surface area is 115 Å². The maximum absolute atomic E-state index is 12.5. The van der Waals surface area contributed by atoms with Crippen molar-refractivity contribution in [2.24, 2.45) is 0 Å². The van der Waals surface area contributed by atoms with E-state index in [1.54, 1.807) is 6.20 Å². The average Bonchev–Trinajstić information content (AvgIpc) is 2.64. The van der Waals surface area contributed by atoms with Crippen molar-refractivity contribution in [2.75, 3.05) is 18.4 Å². The highest BCUT2D eigenvalue weighted by Crippen LogP contribution is 2.18. The van der Waals surface area contributed by atoms with Crippen LogP contribution < -0.4 is 5.32 Å². The number of pyridine rings is 1. The molecule has 1 N–H and O–H groups in total. The molecule has 1 aliphatic heterocycles. The molecule has 0 bridgehead atoms. The molecule has 1 saturated heterocycles.